The molecule has 2 aromatic rings. The molecule has 1 aromatic carbocycles. The minimum atomic E-state index is -0.187. The average molecular weight is 344 g/mol. The van der Waals surface area contributed by atoms with E-state index in [9.17, 15) is 9.18 Å². The van der Waals surface area contributed by atoms with Crippen molar-refractivity contribution in [1.82, 2.24) is 9.88 Å². The number of likely N-dealkylation sites (tertiary alicyclic amines) is 1. The van der Waals surface area contributed by atoms with E-state index >= 15 is 0 Å². The fraction of sp³-hybridized carbons (Fsp3) is 0.474. The van der Waals surface area contributed by atoms with Gasteiger partial charge in [-0.15, -0.1) is 11.3 Å². The van der Waals surface area contributed by atoms with Gasteiger partial charge in [0.15, 0.2) is 0 Å². The summed E-state index contributed by atoms with van der Waals surface area (Å²) in [6.45, 7) is 3.58. The number of amides is 1. The minimum Gasteiger partial charge on any atom is -0.342 e. The van der Waals surface area contributed by atoms with Gasteiger partial charge in [-0.05, 0) is 43.7 Å². The van der Waals surface area contributed by atoms with Crippen LogP contribution in [0.2, 0.25) is 0 Å². The van der Waals surface area contributed by atoms with Crippen molar-refractivity contribution in [3.63, 3.8) is 0 Å². The number of thiazole rings is 1. The van der Waals surface area contributed by atoms with Gasteiger partial charge in [0.2, 0.25) is 5.91 Å². The van der Waals surface area contributed by atoms with Gasteiger partial charge in [-0.25, -0.2) is 9.37 Å². The molecule has 1 aliphatic heterocycles. The van der Waals surface area contributed by atoms with Gasteiger partial charge in [-0.3, -0.25) is 4.79 Å². The SMILES string of the molecule is Cc1csc([C@@H]2CCCN(C(=O)[C@@H]3C[C@@H]3c3ccccc3F)C2)n1. The summed E-state index contributed by atoms with van der Waals surface area (Å²) in [4.78, 5) is 19.4. The number of aromatic nitrogens is 1. The molecular weight excluding hydrogens is 323 g/mol. The first-order chi connectivity index (χ1) is 11.6. The van der Waals surface area contributed by atoms with Gasteiger partial charge < -0.3 is 4.90 Å². The van der Waals surface area contributed by atoms with Crippen molar-refractivity contribution < 1.29 is 9.18 Å². The maximum absolute atomic E-state index is 13.9. The third kappa shape index (κ3) is 2.97. The summed E-state index contributed by atoms with van der Waals surface area (Å²) < 4.78 is 13.9. The number of halogens is 1. The first kappa shape index (κ1) is 15.8. The van der Waals surface area contributed by atoms with Crippen molar-refractivity contribution in [2.45, 2.75) is 38.0 Å². The number of nitrogens with zero attached hydrogens (tertiary/aromatic N) is 2. The number of piperidine rings is 1. The topological polar surface area (TPSA) is 33.2 Å². The van der Waals surface area contributed by atoms with E-state index in [0.29, 0.717) is 11.5 Å². The average Bonchev–Trinajstić information content (AvgIpc) is 3.27. The van der Waals surface area contributed by atoms with Crippen molar-refractivity contribution in [3.05, 3.63) is 51.7 Å². The van der Waals surface area contributed by atoms with E-state index in [1.54, 1.807) is 17.4 Å². The van der Waals surface area contributed by atoms with Crippen LogP contribution in [0.25, 0.3) is 0 Å². The molecule has 2 fully saturated rings. The number of rotatable bonds is 3. The second kappa shape index (κ2) is 6.28. The van der Waals surface area contributed by atoms with Gasteiger partial charge in [-0.1, -0.05) is 18.2 Å². The smallest absolute Gasteiger partial charge is 0.226 e. The monoisotopic (exact) mass is 344 g/mol. The maximum atomic E-state index is 13.9. The predicted molar refractivity (Wildman–Crippen MR) is 92.7 cm³/mol. The lowest BCUT2D eigenvalue weighted by molar-refractivity contribution is -0.133. The molecule has 3 nitrogen and oxygen atoms in total. The lowest BCUT2D eigenvalue weighted by Crippen LogP contribution is -2.40. The summed E-state index contributed by atoms with van der Waals surface area (Å²) in [5.74, 6) is 0.376. The van der Waals surface area contributed by atoms with Gasteiger partial charge in [0.05, 0.1) is 5.01 Å². The Kier molecular flexibility index (Phi) is 4.12. The summed E-state index contributed by atoms with van der Waals surface area (Å²) in [5, 5.41) is 3.22. The fourth-order valence-corrected chi connectivity index (χ4v) is 4.69. The summed E-state index contributed by atoms with van der Waals surface area (Å²) in [6, 6.07) is 6.84. The Morgan fingerprint density at radius 2 is 2.21 bits per heavy atom. The quantitative estimate of drug-likeness (QED) is 0.840. The number of carbonyl (C=O) groups excluding carboxylic acids is 1. The Labute approximate surface area is 145 Å². The van der Waals surface area contributed by atoms with E-state index in [2.05, 4.69) is 10.4 Å². The first-order valence-corrected chi connectivity index (χ1v) is 9.46. The summed E-state index contributed by atoms with van der Waals surface area (Å²) in [7, 11) is 0. The number of carbonyl (C=O) groups is 1. The molecule has 24 heavy (non-hydrogen) atoms. The molecule has 2 heterocycles. The maximum Gasteiger partial charge on any atom is 0.226 e. The molecule has 1 aromatic heterocycles. The van der Waals surface area contributed by atoms with E-state index < -0.39 is 0 Å². The van der Waals surface area contributed by atoms with Crippen molar-refractivity contribution in [2.24, 2.45) is 5.92 Å². The predicted octanol–water partition coefficient (Wildman–Crippen LogP) is 4.10. The second-order valence-corrected chi connectivity index (χ2v) is 7.81. The molecule has 0 unspecified atom stereocenters. The largest absolute Gasteiger partial charge is 0.342 e. The number of benzene rings is 1. The van der Waals surface area contributed by atoms with Crippen LogP contribution in [-0.4, -0.2) is 28.9 Å². The molecule has 3 atom stereocenters. The van der Waals surface area contributed by atoms with E-state index in [1.165, 1.54) is 6.07 Å². The highest BCUT2D eigenvalue weighted by molar-refractivity contribution is 7.09. The normalized spacial score (nSPS) is 26.4. The zero-order valence-corrected chi connectivity index (χ0v) is 14.6. The van der Waals surface area contributed by atoms with Crippen molar-refractivity contribution in [1.29, 1.82) is 0 Å². The Morgan fingerprint density at radius 3 is 2.96 bits per heavy atom. The van der Waals surface area contributed by atoms with Crippen LogP contribution in [-0.2, 0) is 4.79 Å². The Hall–Kier alpha value is -1.75. The van der Waals surface area contributed by atoms with Gasteiger partial charge in [-0.2, -0.15) is 0 Å². The van der Waals surface area contributed by atoms with Gasteiger partial charge in [0.25, 0.3) is 0 Å². The van der Waals surface area contributed by atoms with Crippen molar-refractivity contribution in [2.75, 3.05) is 13.1 Å². The lowest BCUT2D eigenvalue weighted by atomic mass is 9.98. The molecule has 0 spiro atoms. The molecule has 2 aliphatic rings. The third-order valence-electron chi connectivity index (χ3n) is 5.13. The third-order valence-corrected chi connectivity index (χ3v) is 6.26. The molecule has 4 rings (SSSR count). The van der Waals surface area contributed by atoms with Crippen LogP contribution in [0.3, 0.4) is 0 Å². The summed E-state index contributed by atoms with van der Waals surface area (Å²) >= 11 is 1.69. The van der Waals surface area contributed by atoms with Gasteiger partial charge in [0, 0.05) is 36.0 Å². The molecule has 126 valence electrons. The van der Waals surface area contributed by atoms with E-state index in [-0.39, 0.29) is 23.6 Å². The van der Waals surface area contributed by atoms with Crippen LogP contribution >= 0.6 is 11.3 Å². The zero-order valence-electron chi connectivity index (χ0n) is 13.7. The first-order valence-electron chi connectivity index (χ1n) is 8.58. The number of hydrogen-bond donors (Lipinski definition) is 0. The van der Waals surface area contributed by atoms with Crippen LogP contribution in [0.5, 0.6) is 0 Å². The molecule has 0 bridgehead atoms. The van der Waals surface area contributed by atoms with Crippen LogP contribution in [0, 0.1) is 18.7 Å². The summed E-state index contributed by atoms with van der Waals surface area (Å²) in [5.41, 5.74) is 1.75. The van der Waals surface area contributed by atoms with E-state index in [4.69, 9.17) is 0 Å². The number of aryl methyl sites for hydroxylation is 1. The molecule has 1 aliphatic carbocycles. The molecular formula is C19H21FN2OS. The number of hydrogen-bond acceptors (Lipinski definition) is 3. The standard InChI is InChI=1S/C19H21FN2OS/c1-12-11-24-18(21-12)13-5-4-8-22(10-13)19(23)16-9-15(16)14-6-2-3-7-17(14)20/h2-3,6-7,11,13,15-16H,4-5,8-10H2,1H3/t13-,15-,16-/m1/s1. The molecule has 0 N–H and O–H groups in total. The second-order valence-electron chi connectivity index (χ2n) is 6.92. The Bertz CT molecular complexity index is 759. The molecule has 0 radical (unpaired) electrons. The van der Waals surface area contributed by atoms with Crippen LogP contribution in [0.1, 0.15) is 47.4 Å². The van der Waals surface area contributed by atoms with E-state index in [1.807, 2.05) is 24.0 Å². The van der Waals surface area contributed by atoms with E-state index in [0.717, 1.165) is 43.1 Å². The summed E-state index contributed by atoms with van der Waals surface area (Å²) in [6.07, 6.45) is 2.89. The highest BCUT2D eigenvalue weighted by Gasteiger charge is 2.47. The molecule has 5 heteroatoms. The molecule has 1 saturated heterocycles. The van der Waals surface area contributed by atoms with Crippen molar-refractivity contribution >= 4 is 17.2 Å². The van der Waals surface area contributed by atoms with Crippen LogP contribution < -0.4 is 0 Å². The van der Waals surface area contributed by atoms with Gasteiger partial charge >= 0.3 is 0 Å². The Balaban J connectivity index is 1.43. The van der Waals surface area contributed by atoms with Crippen LogP contribution in [0.4, 0.5) is 4.39 Å². The highest BCUT2D eigenvalue weighted by Crippen LogP contribution is 2.49. The zero-order chi connectivity index (χ0) is 16.7. The minimum absolute atomic E-state index is 0.0429. The van der Waals surface area contributed by atoms with Crippen LogP contribution in [0.15, 0.2) is 29.6 Å². The highest BCUT2D eigenvalue weighted by atomic mass is 32.1. The molecule has 1 amide bonds. The van der Waals surface area contributed by atoms with Gasteiger partial charge in [0.1, 0.15) is 5.82 Å². The Morgan fingerprint density at radius 1 is 1.38 bits per heavy atom. The lowest BCUT2D eigenvalue weighted by Gasteiger charge is -2.32. The van der Waals surface area contributed by atoms with Crippen molar-refractivity contribution in [3.8, 4) is 0 Å². The molecule has 1 saturated carbocycles. The fourth-order valence-electron chi connectivity index (χ4n) is 3.76.